The molecular weight excluding hydrogens is 234 g/mol. The minimum atomic E-state index is -0.526. The van der Waals surface area contributed by atoms with Crippen LogP contribution in [0.15, 0.2) is 42.6 Å². The zero-order valence-electron chi connectivity index (χ0n) is 9.42. The third-order valence-electron chi connectivity index (χ3n) is 2.42. The Balaban J connectivity index is 2.04. The van der Waals surface area contributed by atoms with E-state index in [0.29, 0.717) is 6.54 Å². The molecule has 2 aromatic rings. The summed E-state index contributed by atoms with van der Waals surface area (Å²) in [6.07, 6.45) is 1.76. The first-order valence-electron chi connectivity index (χ1n) is 5.32. The lowest BCUT2D eigenvalue weighted by Crippen LogP contribution is -2.22. The number of H-pyrrole nitrogens is 1. The van der Waals surface area contributed by atoms with E-state index in [1.54, 1.807) is 6.20 Å². The van der Waals surface area contributed by atoms with Gasteiger partial charge in [0.05, 0.1) is 11.5 Å². The first-order chi connectivity index (χ1) is 8.66. The largest absolute Gasteiger partial charge is 0.364 e. The second-order valence-electron chi connectivity index (χ2n) is 3.69. The van der Waals surface area contributed by atoms with E-state index in [1.165, 1.54) is 24.3 Å². The molecule has 0 saturated carbocycles. The van der Waals surface area contributed by atoms with Crippen LogP contribution in [-0.2, 0) is 6.54 Å². The van der Waals surface area contributed by atoms with E-state index in [9.17, 15) is 14.9 Å². The van der Waals surface area contributed by atoms with E-state index in [4.69, 9.17) is 0 Å². The molecule has 0 radical (unpaired) electrons. The standard InChI is InChI=1S/C12H11N3O3/c16-12(14-8-10-4-2-6-13-10)9-3-1-5-11(7-9)15(17)18/h1-7,13H,8H2,(H,14,16). The Kier molecular flexibility index (Phi) is 3.38. The van der Waals surface area contributed by atoms with Gasteiger partial charge in [0.25, 0.3) is 11.6 Å². The Morgan fingerprint density at radius 1 is 1.33 bits per heavy atom. The maximum atomic E-state index is 11.8. The van der Waals surface area contributed by atoms with E-state index in [1.807, 2.05) is 12.1 Å². The topological polar surface area (TPSA) is 88.0 Å². The van der Waals surface area contributed by atoms with Crippen LogP contribution in [0.2, 0.25) is 0 Å². The van der Waals surface area contributed by atoms with E-state index >= 15 is 0 Å². The number of nitrogens with one attached hydrogen (secondary N) is 2. The van der Waals surface area contributed by atoms with Crippen molar-refractivity contribution in [1.82, 2.24) is 10.3 Å². The van der Waals surface area contributed by atoms with E-state index in [2.05, 4.69) is 10.3 Å². The van der Waals surface area contributed by atoms with Crippen LogP contribution in [0.3, 0.4) is 0 Å². The summed E-state index contributed by atoms with van der Waals surface area (Å²) >= 11 is 0. The Bertz CT molecular complexity index is 564. The Labute approximate surface area is 103 Å². The number of nitro benzene ring substituents is 1. The number of rotatable bonds is 4. The maximum absolute atomic E-state index is 11.8. The molecule has 0 bridgehead atoms. The van der Waals surface area contributed by atoms with Crippen LogP contribution in [0.4, 0.5) is 5.69 Å². The lowest BCUT2D eigenvalue weighted by Gasteiger charge is -2.03. The highest BCUT2D eigenvalue weighted by Gasteiger charge is 2.10. The number of nitro groups is 1. The van der Waals surface area contributed by atoms with Gasteiger partial charge >= 0.3 is 0 Å². The molecule has 0 aliphatic heterocycles. The van der Waals surface area contributed by atoms with Crippen LogP contribution in [0.5, 0.6) is 0 Å². The van der Waals surface area contributed by atoms with Gasteiger partial charge < -0.3 is 10.3 Å². The van der Waals surface area contributed by atoms with Crippen molar-refractivity contribution in [2.24, 2.45) is 0 Å². The van der Waals surface area contributed by atoms with Gasteiger partial charge in [0, 0.05) is 29.6 Å². The number of aromatic amines is 1. The van der Waals surface area contributed by atoms with Crippen LogP contribution in [-0.4, -0.2) is 15.8 Å². The van der Waals surface area contributed by atoms with E-state index in [-0.39, 0.29) is 17.2 Å². The molecule has 18 heavy (non-hydrogen) atoms. The van der Waals surface area contributed by atoms with Crippen LogP contribution >= 0.6 is 0 Å². The number of hydrogen-bond acceptors (Lipinski definition) is 3. The molecular formula is C12H11N3O3. The van der Waals surface area contributed by atoms with Gasteiger partial charge in [-0.15, -0.1) is 0 Å². The number of hydrogen-bond donors (Lipinski definition) is 2. The molecule has 2 N–H and O–H groups in total. The molecule has 6 heteroatoms. The summed E-state index contributed by atoms with van der Waals surface area (Å²) in [4.78, 5) is 24.8. The van der Waals surface area contributed by atoms with Crippen LogP contribution in [0, 0.1) is 10.1 Å². The number of carbonyl (C=O) groups excluding carboxylic acids is 1. The second-order valence-corrected chi connectivity index (χ2v) is 3.69. The molecule has 92 valence electrons. The maximum Gasteiger partial charge on any atom is 0.270 e. The lowest BCUT2D eigenvalue weighted by atomic mass is 10.2. The molecule has 1 aromatic carbocycles. The molecule has 1 aromatic heterocycles. The van der Waals surface area contributed by atoms with Crippen LogP contribution in [0.25, 0.3) is 0 Å². The molecule has 1 heterocycles. The minimum Gasteiger partial charge on any atom is -0.364 e. The molecule has 0 fully saturated rings. The van der Waals surface area contributed by atoms with E-state index in [0.717, 1.165) is 5.69 Å². The average Bonchev–Trinajstić information content (AvgIpc) is 2.89. The number of non-ortho nitro benzene ring substituents is 1. The smallest absolute Gasteiger partial charge is 0.270 e. The molecule has 2 rings (SSSR count). The van der Waals surface area contributed by atoms with Gasteiger partial charge in [0.1, 0.15) is 0 Å². The van der Waals surface area contributed by atoms with Crippen molar-refractivity contribution in [2.45, 2.75) is 6.54 Å². The SMILES string of the molecule is O=C(NCc1ccc[nH]1)c1cccc([N+](=O)[O-])c1. The summed E-state index contributed by atoms with van der Waals surface area (Å²) in [6.45, 7) is 0.356. The molecule has 1 amide bonds. The number of nitrogens with zero attached hydrogens (tertiary/aromatic N) is 1. The summed E-state index contributed by atoms with van der Waals surface area (Å²) in [5, 5.41) is 13.3. The molecule has 0 saturated heterocycles. The number of benzene rings is 1. The summed E-state index contributed by atoms with van der Waals surface area (Å²) < 4.78 is 0. The van der Waals surface area contributed by atoms with Crippen molar-refractivity contribution in [2.75, 3.05) is 0 Å². The third-order valence-corrected chi connectivity index (χ3v) is 2.42. The van der Waals surface area contributed by atoms with Gasteiger partial charge in [0.2, 0.25) is 0 Å². The monoisotopic (exact) mass is 245 g/mol. The molecule has 0 aliphatic rings. The zero-order valence-corrected chi connectivity index (χ0v) is 9.42. The fourth-order valence-electron chi connectivity index (χ4n) is 1.52. The lowest BCUT2D eigenvalue weighted by molar-refractivity contribution is -0.384. The summed E-state index contributed by atoms with van der Waals surface area (Å²) in [6, 6.07) is 9.30. The second kappa shape index (κ2) is 5.13. The van der Waals surface area contributed by atoms with Crippen molar-refractivity contribution >= 4 is 11.6 Å². The van der Waals surface area contributed by atoms with E-state index < -0.39 is 4.92 Å². The van der Waals surface area contributed by atoms with Crippen LogP contribution < -0.4 is 5.32 Å². The van der Waals surface area contributed by atoms with Gasteiger partial charge in [-0.3, -0.25) is 14.9 Å². The first kappa shape index (κ1) is 11.8. The Hall–Kier alpha value is -2.63. The van der Waals surface area contributed by atoms with Crippen molar-refractivity contribution in [1.29, 1.82) is 0 Å². The average molecular weight is 245 g/mol. The fourth-order valence-corrected chi connectivity index (χ4v) is 1.52. The zero-order chi connectivity index (χ0) is 13.0. The molecule has 6 nitrogen and oxygen atoms in total. The van der Waals surface area contributed by atoms with Crippen molar-refractivity contribution in [3.05, 3.63) is 64.0 Å². The highest BCUT2D eigenvalue weighted by molar-refractivity contribution is 5.94. The number of aromatic nitrogens is 1. The highest BCUT2D eigenvalue weighted by atomic mass is 16.6. The summed E-state index contributed by atoms with van der Waals surface area (Å²) in [5.74, 6) is -0.340. The predicted molar refractivity (Wildman–Crippen MR) is 65.1 cm³/mol. The molecule has 0 unspecified atom stereocenters. The predicted octanol–water partition coefficient (Wildman–Crippen LogP) is 1.85. The van der Waals surface area contributed by atoms with Gasteiger partial charge in [-0.2, -0.15) is 0 Å². The normalized spacial score (nSPS) is 10.0. The van der Waals surface area contributed by atoms with Crippen molar-refractivity contribution in [3.8, 4) is 0 Å². The number of amides is 1. The fraction of sp³-hybridized carbons (Fsp3) is 0.0833. The first-order valence-corrected chi connectivity index (χ1v) is 5.32. The number of carbonyl (C=O) groups is 1. The van der Waals surface area contributed by atoms with Gasteiger partial charge in [-0.05, 0) is 18.2 Å². The Morgan fingerprint density at radius 2 is 2.17 bits per heavy atom. The van der Waals surface area contributed by atoms with Gasteiger partial charge in [0.15, 0.2) is 0 Å². The van der Waals surface area contributed by atoms with Gasteiger partial charge in [-0.25, -0.2) is 0 Å². The van der Waals surface area contributed by atoms with Crippen LogP contribution in [0.1, 0.15) is 16.1 Å². The quantitative estimate of drug-likeness (QED) is 0.636. The third kappa shape index (κ3) is 2.73. The highest BCUT2D eigenvalue weighted by Crippen LogP contribution is 2.12. The van der Waals surface area contributed by atoms with Crippen molar-refractivity contribution in [3.63, 3.8) is 0 Å². The molecule has 0 atom stereocenters. The van der Waals surface area contributed by atoms with Crippen molar-refractivity contribution < 1.29 is 9.72 Å². The summed E-state index contributed by atoms with van der Waals surface area (Å²) in [7, 11) is 0. The minimum absolute atomic E-state index is 0.0949. The van der Waals surface area contributed by atoms with Gasteiger partial charge in [-0.1, -0.05) is 6.07 Å². The Morgan fingerprint density at radius 3 is 2.83 bits per heavy atom. The summed E-state index contributed by atoms with van der Waals surface area (Å²) in [5.41, 5.74) is 1.05. The molecule has 0 aliphatic carbocycles. The molecule has 0 spiro atoms.